The number of aliphatic hydroxyl groups is 1. The molecule has 4 nitrogen and oxygen atoms in total. The third-order valence-corrected chi connectivity index (χ3v) is 3.99. The van der Waals surface area contributed by atoms with Crippen LogP contribution in [0.25, 0.3) is 10.9 Å². The van der Waals surface area contributed by atoms with Gasteiger partial charge >= 0.3 is 0 Å². The summed E-state index contributed by atoms with van der Waals surface area (Å²) < 4.78 is 13.9. The molecule has 0 radical (unpaired) electrons. The Hall–Kier alpha value is -1.75. The zero-order valence-electron chi connectivity index (χ0n) is 10.6. The van der Waals surface area contributed by atoms with Gasteiger partial charge in [0.15, 0.2) is 0 Å². The van der Waals surface area contributed by atoms with E-state index in [-0.39, 0.29) is 17.8 Å². The first-order valence-corrected chi connectivity index (χ1v) is 6.48. The molecule has 3 rings (SSSR count). The second-order valence-electron chi connectivity index (χ2n) is 5.22. The standard InChI is InChI=1S/C14H16FN3O/c15-10-3-1-4-11-12(10)13(18-9-17-11)16-7-14(8-19)5-2-6-14/h1,3-4,9,19H,2,5-8H2,(H,16,17,18). The number of aliphatic hydroxyl groups excluding tert-OH is 1. The molecule has 1 heterocycles. The number of aromatic nitrogens is 2. The normalized spacial score (nSPS) is 17.2. The van der Waals surface area contributed by atoms with Crippen LogP contribution in [0.15, 0.2) is 24.5 Å². The van der Waals surface area contributed by atoms with Gasteiger partial charge in [-0.25, -0.2) is 14.4 Å². The summed E-state index contributed by atoms with van der Waals surface area (Å²) in [6, 6.07) is 4.80. The van der Waals surface area contributed by atoms with E-state index in [0.717, 1.165) is 19.3 Å². The molecule has 1 aromatic heterocycles. The summed E-state index contributed by atoms with van der Waals surface area (Å²) in [5, 5.41) is 13.0. The van der Waals surface area contributed by atoms with Crippen molar-refractivity contribution in [2.45, 2.75) is 19.3 Å². The lowest BCUT2D eigenvalue weighted by Crippen LogP contribution is -2.40. The number of rotatable bonds is 4. The van der Waals surface area contributed by atoms with Gasteiger partial charge in [0.05, 0.1) is 17.5 Å². The lowest BCUT2D eigenvalue weighted by molar-refractivity contribution is 0.0576. The van der Waals surface area contributed by atoms with Gasteiger partial charge in [-0.3, -0.25) is 0 Å². The van der Waals surface area contributed by atoms with Crippen molar-refractivity contribution < 1.29 is 9.50 Å². The summed E-state index contributed by atoms with van der Waals surface area (Å²) >= 11 is 0. The van der Waals surface area contributed by atoms with Crippen LogP contribution in [-0.2, 0) is 0 Å². The molecule has 0 spiro atoms. The summed E-state index contributed by atoms with van der Waals surface area (Å²) in [4.78, 5) is 8.18. The van der Waals surface area contributed by atoms with Gasteiger partial charge in [0.2, 0.25) is 0 Å². The third-order valence-electron chi connectivity index (χ3n) is 3.99. The van der Waals surface area contributed by atoms with Gasteiger partial charge in [0, 0.05) is 12.0 Å². The molecule has 1 saturated carbocycles. The van der Waals surface area contributed by atoms with E-state index in [1.807, 2.05) is 0 Å². The summed E-state index contributed by atoms with van der Waals surface area (Å²) in [5.74, 6) is 0.176. The van der Waals surface area contributed by atoms with Crippen LogP contribution in [0.5, 0.6) is 0 Å². The molecule has 0 atom stereocenters. The predicted octanol–water partition coefficient (Wildman–Crippen LogP) is 2.34. The maximum Gasteiger partial charge on any atom is 0.140 e. The quantitative estimate of drug-likeness (QED) is 0.887. The van der Waals surface area contributed by atoms with E-state index in [2.05, 4.69) is 15.3 Å². The van der Waals surface area contributed by atoms with Crippen LogP contribution in [-0.4, -0.2) is 28.2 Å². The van der Waals surface area contributed by atoms with Gasteiger partial charge in [-0.1, -0.05) is 12.5 Å². The minimum absolute atomic E-state index is 0.0669. The molecule has 1 aromatic carbocycles. The van der Waals surface area contributed by atoms with E-state index in [1.54, 1.807) is 12.1 Å². The minimum Gasteiger partial charge on any atom is -0.396 e. The number of anilines is 1. The van der Waals surface area contributed by atoms with E-state index in [1.165, 1.54) is 12.4 Å². The number of halogens is 1. The van der Waals surface area contributed by atoms with Crippen LogP contribution in [0, 0.1) is 11.2 Å². The molecule has 0 aliphatic heterocycles. The summed E-state index contributed by atoms with van der Waals surface area (Å²) in [6.45, 7) is 0.773. The van der Waals surface area contributed by atoms with E-state index in [9.17, 15) is 9.50 Å². The number of hydrogen-bond donors (Lipinski definition) is 2. The van der Waals surface area contributed by atoms with E-state index >= 15 is 0 Å². The van der Waals surface area contributed by atoms with Crippen molar-refractivity contribution in [1.82, 2.24) is 9.97 Å². The van der Waals surface area contributed by atoms with Gasteiger partial charge in [-0.15, -0.1) is 0 Å². The average Bonchev–Trinajstić information content (AvgIpc) is 2.38. The second kappa shape index (κ2) is 4.74. The third kappa shape index (κ3) is 2.14. The number of benzene rings is 1. The number of nitrogens with one attached hydrogen (secondary N) is 1. The van der Waals surface area contributed by atoms with Crippen molar-refractivity contribution in [3.8, 4) is 0 Å². The van der Waals surface area contributed by atoms with Crippen LogP contribution in [0.4, 0.5) is 10.2 Å². The second-order valence-corrected chi connectivity index (χ2v) is 5.22. The molecule has 0 bridgehead atoms. The predicted molar refractivity (Wildman–Crippen MR) is 71.4 cm³/mol. The Morgan fingerprint density at radius 1 is 1.32 bits per heavy atom. The number of nitrogens with zero attached hydrogens (tertiary/aromatic N) is 2. The molecule has 0 amide bonds. The molecule has 1 aliphatic carbocycles. The largest absolute Gasteiger partial charge is 0.396 e. The maximum absolute atomic E-state index is 13.9. The Balaban J connectivity index is 1.89. The first-order valence-electron chi connectivity index (χ1n) is 6.48. The van der Waals surface area contributed by atoms with Crippen molar-refractivity contribution in [2.75, 3.05) is 18.5 Å². The average molecular weight is 261 g/mol. The van der Waals surface area contributed by atoms with Crippen LogP contribution in [0.2, 0.25) is 0 Å². The topological polar surface area (TPSA) is 58.0 Å². The first kappa shape index (κ1) is 12.3. The Bertz CT molecular complexity index is 588. The fraction of sp³-hybridized carbons (Fsp3) is 0.429. The first-order chi connectivity index (χ1) is 9.24. The van der Waals surface area contributed by atoms with Crippen LogP contribution >= 0.6 is 0 Å². The number of fused-ring (bicyclic) bond motifs is 1. The summed E-state index contributed by atoms with van der Waals surface area (Å²) in [7, 11) is 0. The highest BCUT2D eigenvalue weighted by molar-refractivity contribution is 5.89. The molecule has 1 fully saturated rings. The Labute approximate surface area is 110 Å². The van der Waals surface area contributed by atoms with E-state index < -0.39 is 0 Å². The van der Waals surface area contributed by atoms with E-state index in [4.69, 9.17) is 0 Å². The van der Waals surface area contributed by atoms with Gasteiger partial charge in [0.25, 0.3) is 0 Å². The minimum atomic E-state index is -0.327. The summed E-state index contributed by atoms with van der Waals surface area (Å²) in [5.41, 5.74) is 0.520. The van der Waals surface area contributed by atoms with Crippen LogP contribution in [0.3, 0.4) is 0 Å². The molecule has 2 N–H and O–H groups in total. The molecular weight excluding hydrogens is 245 g/mol. The lowest BCUT2D eigenvalue weighted by Gasteiger charge is -2.40. The summed E-state index contributed by atoms with van der Waals surface area (Å²) in [6.07, 6.45) is 4.57. The highest BCUT2D eigenvalue weighted by atomic mass is 19.1. The molecule has 0 saturated heterocycles. The Morgan fingerprint density at radius 2 is 2.16 bits per heavy atom. The molecular formula is C14H16FN3O. The lowest BCUT2D eigenvalue weighted by atomic mass is 9.69. The van der Waals surface area contributed by atoms with Gasteiger partial charge in [-0.2, -0.15) is 0 Å². The smallest absolute Gasteiger partial charge is 0.140 e. The maximum atomic E-state index is 13.9. The highest BCUT2D eigenvalue weighted by Gasteiger charge is 2.36. The van der Waals surface area contributed by atoms with Crippen molar-refractivity contribution in [3.05, 3.63) is 30.3 Å². The SMILES string of the molecule is OCC1(CNc2ncnc3cccc(F)c23)CCC1. The van der Waals surface area contributed by atoms with Crippen molar-refractivity contribution in [3.63, 3.8) is 0 Å². The molecule has 2 aromatic rings. The molecule has 19 heavy (non-hydrogen) atoms. The fourth-order valence-corrected chi connectivity index (χ4v) is 2.54. The Morgan fingerprint density at radius 3 is 2.84 bits per heavy atom. The molecule has 100 valence electrons. The molecule has 1 aliphatic rings. The van der Waals surface area contributed by atoms with Crippen LogP contribution in [0.1, 0.15) is 19.3 Å². The van der Waals surface area contributed by atoms with Crippen LogP contribution < -0.4 is 5.32 Å². The zero-order chi connectivity index (χ0) is 13.3. The van der Waals surface area contributed by atoms with Gasteiger partial charge < -0.3 is 10.4 Å². The highest BCUT2D eigenvalue weighted by Crippen LogP contribution is 2.40. The van der Waals surface area contributed by atoms with Crippen molar-refractivity contribution in [2.24, 2.45) is 5.41 Å². The van der Waals surface area contributed by atoms with Gasteiger partial charge in [0.1, 0.15) is 18.0 Å². The molecule has 5 heteroatoms. The zero-order valence-corrected chi connectivity index (χ0v) is 10.6. The molecule has 0 unspecified atom stereocenters. The fourth-order valence-electron chi connectivity index (χ4n) is 2.54. The van der Waals surface area contributed by atoms with Crippen molar-refractivity contribution in [1.29, 1.82) is 0 Å². The van der Waals surface area contributed by atoms with Crippen molar-refractivity contribution >= 4 is 16.7 Å². The van der Waals surface area contributed by atoms with E-state index in [0.29, 0.717) is 23.3 Å². The van der Waals surface area contributed by atoms with Gasteiger partial charge in [-0.05, 0) is 25.0 Å². The Kier molecular flexibility index (Phi) is 3.06. The monoisotopic (exact) mass is 261 g/mol. The number of hydrogen-bond acceptors (Lipinski definition) is 4.